The summed E-state index contributed by atoms with van der Waals surface area (Å²) in [5, 5.41) is 2.12. The number of rotatable bonds is 13. The topological polar surface area (TPSA) is 27.7 Å². The molecule has 6 aromatic rings. The Bertz CT molecular complexity index is 1750. The van der Waals surface area contributed by atoms with E-state index < -0.39 is 11.8 Å². The summed E-state index contributed by atoms with van der Waals surface area (Å²) in [6.07, 6.45) is 0. The van der Waals surface area contributed by atoms with E-state index in [2.05, 4.69) is 42.5 Å². The Kier molecular flexibility index (Phi) is 10.9. The molecule has 0 saturated carbocycles. The van der Waals surface area contributed by atoms with Crippen molar-refractivity contribution < 1.29 is 18.3 Å². The SMILES string of the molecule is COc1ccc(SC(Sc2ccc(OC)cc2)(Sc2ccc(OC)cc2)c2ccccc2[Si](F)(c2ccccc2)c2ccccc2)cc1. The summed E-state index contributed by atoms with van der Waals surface area (Å²) in [6, 6.07) is 51.6. The molecule has 0 heterocycles. The molecule has 0 radical (unpaired) electrons. The number of methoxy groups -OCH3 is 3. The number of halogens is 1. The standard InChI is InChI=1S/C40H35FO3S3Si/c1-42-30-18-24-33(25-19-30)45-40(46-34-26-20-31(43-2)21-27-34,47-35-28-22-32(44-3)23-29-35)38-16-10-11-17-39(38)48(41,36-12-6-4-7-13-36)37-14-8-5-9-15-37/h4-29H,1-3H3. The van der Waals surface area contributed by atoms with Gasteiger partial charge in [-0.3, -0.25) is 4.11 Å². The Hall–Kier alpha value is -4.08. The maximum Gasteiger partial charge on any atom is 0.339 e. The first-order valence-corrected chi connectivity index (χ1v) is 19.7. The van der Waals surface area contributed by atoms with Crippen molar-refractivity contribution in [2.24, 2.45) is 0 Å². The third-order valence-electron chi connectivity index (χ3n) is 7.91. The van der Waals surface area contributed by atoms with E-state index in [-0.39, 0.29) is 0 Å². The van der Waals surface area contributed by atoms with Crippen LogP contribution in [-0.2, 0) is 3.41 Å². The van der Waals surface area contributed by atoms with E-state index in [9.17, 15) is 0 Å². The molecule has 0 spiro atoms. The molecular formula is C40H35FO3S3Si. The minimum absolute atomic E-state index is 0.705. The maximum absolute atomic E-state index is 18.8. The number of thioether (sulfide) groups is 3. The lowest BCUT2D eigenvalue weighted by Crippen LogP contribution is -2.65. The van der Waals surface area contributed by atoms with Crippen molar-refractivity contribution in [1.29, 1.82) is 0 Å². The zero-order valence-corrected chi connectivity index (χ0v) is 30.3. The number of benzene rings is 6. The first-order chi connectivity index (χ1) is 23.5. The van der Waals surface area contributed by atoms with Gasteiger partial charge in [-0.05, 0) is 93.9 Å². The van der Waals surface area contributed by atoms with Gasteiger partial charge in [-0.15, -0.1) is 0 Å². The fraction of sp³-hybridized carbons (Fsp3) is 0.100. The molecule has 0 N–H and O–H groups in total. The summed E-state index contributed by atoms with van der Waals surface area (Å²) < 4.78 is 34.4. The van der Waals surface area contributed by atoms with Crippen molar-refractivity contribution in [2.75, 3.05) is 21.3 Å². The van der Waals surface area contributed by atoms with Gasteiger partial charge in [0.15, 0.2) is 0 Å². The first kappa shape index (κ1) is 33.8. The molecule has 0 aromatic heterocycles. The molecule has 8 heteroatoms. The smallest absolute Gasteiger partial charge is 0.339 e. The first-order valence-electron chi connectivity index (χ1n) is 15.4. The number of ether oxygens (including phenoxy) is 3. The molecule has 0 aliphatic rings. The van der Waals surface area contributed by atoms with Gasteiger partial charge >= 0.3 is 8.41 Å². The van der Waals surface area contributed by atoms with E-state index in [4.69, 9.17) is 14.2 Å². The van der Waals surface area contributed by atoms with Crippen LogP contribution in [0.25, 0.3) is 0 Å². The van der Waals surface area contributed by atoms with Gasteiger partial charge in [-0.1, -0.05) is 120 Å². The zero-order chi connectivity index (χ0) is 33.4. The lowest BCUT2D eigenvalue weighted by atomic mass is 10.2. The molecule has 242 valence electrons. The van der Waals surface area contributed by atoms with Gasteiger partial charge in [0, 0.05) is 14.7 Å². The van der Waals surface area contributed by atoms with Crippen LogP contribution in [0.15, 0.2) is 172 Å². The molecule has 6 aromatic carbocycles. The quantitative estimate of drug-likeness (QED) is 0.0391. The summed E-state index contributed by atoms with van der Waals surface area (Å²) in [7, 11) is 0.973. The van der Waals surface area contributed by atoms with E-state index >= 15 is 4.11 Å². The summed E-state index contributed by atoms with van der Waals surface area (Å²) in [6.45, 7) is 0. The van der Waals surface area contributed by atoms with Crippen LogP contribution in [0.3, 0.4) is 0 Å². The molecule has 3 nitrogen and oxygen atoms in total. The Balaban J connectivity index is 1.63. The molecule has 6 rings (SSSR count). The molecule has 0 atom stereocenters. The molecule has 48 heavy (non-hydrogen) atoms. The van der Waals surface area contributed by atoms with Crippen molar-refractivity contribution in [3.05, 3.63) is 163 Å². The van der Waals surface area contributed by atoms with Gasteiger partial charge in [0.2, 0.25) is 0 Å². The molecule has 0 aliphatic carbocycles. The van der Waals surface area contributed by atoms with E-state index in [0.717, 1.165) is 37.5 Å². The van der Waals surface area contributed by atoms with Crippen molar-refractivity contribution in [1.82, 2.24) is 0 Å². The fourth-order valence-electron chi connectivity index (χ4n) is 5.49. The van der Waals surface area contributed by atoms with Gasteiger partial charge in [0.1, 0.15) is 20.7 Å². The van der Waals surface area contributed by atoms with Gasteiger partial charge in [-0.25, -0.2) is 0 Å². The molecular weight excluding hydrogens is 672 g/mol. The third-order valence-corrected chi connectivity index (χ3v) is 15.8. The van der Waals surface area contributed by atoms with Gasteiger partial charge in [-0.2, -0.15) is 0 Å². The molecule has 0 saturated heterocycles. The largest absolute Gasteiger partial charge is 0.497 e. The predicted molar refractivity (Wildman–Crippen MR) is 203 cm³/mol. The average Bonchev–Trinajstić information content (AvgIpc) is 3.16. The van der Waals surface area contributed by atoms with Gasteiger partial charge in [0.05, 0.1) is 21.3 Å². The van der Waals surface area contributed by atoms with Gasteiger partial charge < -0.3 is 14.2 Å². The van der Waals surface area contributed by atoms with E-state index in [0.29, 0.717) is 15.6 Å². The second-order valence-corrected chi connectivity index (χ2v) is 18.5. The lowest BCUT2D eigenvalue weighted by molar-refractivity contribution is 0.414. The van der Waals surface area contributed by atoms with Crippen LogP contribution in [0.5, 0.6) is 17.2 Å². The molecule has 0 fully saturated rings. The normalized spacial score (nSPS) is 11.6. The second kappa shape index (κ2) is 15.4. The summed E-state index contributed by atoms with van der Waals surface area (Å²) in [5.41, 5.74) is 0.911. The molecule has 0 amide bonds. The Morgan fingerprint density at radius 2 is 0.771 bits per heavy atom. The Morgan fingerprint density at radius 3 is 1.12 bits per heavy atom. The van der Waals surface area contributed by atoms with Crippen LogP contribution >= 0.6 is 35.3 Å². The van der Waals surface area contributed by atoms with Crippen molar-refractivity contribution >= 4 is 59.3 Å². The van der Waals surface area contributed by atoms with Crippen molar-refractivity contribution in [2.45, 2.75) is 18.1 Å². The molecule has 0 aliphatic heterocycles. The van der Waals surface area contributed by atoms with Crippen LogP contribution < -0.4 is 29.8 Å². The highest BCUT2D eigenvalue weighted by Gasteiger charge is 2.48. The van der Waals surface area contributed by atoms with Crippen LogP contribution in [0.4, 0.5) is 4.11 Å². The average molecular weight is 707 g/mol. The summed E-state index contributed by atoms with van der Waals surface area (Å²) in [4.78, 5) is 3.08. The summed E-state index contributed by atoms with van der Waals surface area (Å²) in [5.74, 6) is 2.33. The molecule has 0 bridgehead atoms. The van der Waals surface area contributed by atoms with Crippen LogP contribution in [0, 0.1) is 0 Å². The van der Waals surface area contributed by atoms with Crippen molar-refractivity contribution in [3.63, 3.8) is 0 Å². The lowest BCUT2D eigenvalue weighted by Gasteiger charge is -2.37. The van der Waals surface area contributed by atoms with Crippen LogP contribution in [0.2, 0.25) is 0 Å². The van der Waals surface area contributed by atoms with E-state index in [1.807, 2.05) is 115 Å². The predicted octanol–water partition coefficient (Wildman–Crippen LogP) is 9.14. The highest BCUT2D eigenvalue weighted by atomic mass is 32.3. The second-order valence-electron chi connectivity index (χ2n) is 10.8. The minimum Gasteiger partial charge on any atom is -0.497 e. The highest BCUT2D eigenvalue weighted by molar-refractivity contribution is 8.32. The number of hydrogen-bond donors (Lipinski definition) is 0. The van der Waals surface area contributed by atoms with E-state index in [1.165, 1.54) is 0 Å². The summed E-state index contributed by atoms with van der Waals surface area (Å²) >= 11 is 5.11. The Labute approximate surface area is 296 Å². The Morgan fingerprint density at radius 1 is 0.438 bits per heavy atom. The number of hydrogen-bond acceptors (Lipinski definition) is 6. The van der Waals surface area contributed by atoms with Crippen LogP contribution in [-0.4, -0.2) is 29.7 Å². The molecule has 0 unspecified atom stereocenters. The third kappa shape index (κ3) is 7.32. The highest BCUT2D eigenvalue weighted by Crippen LogP contribution is 2.62. The maximum atomic E-state index is 18.8. The minimum atomic E-state index is -4.03. The monoisotopic (exact) mass is 706 g/mol. The fourth-order valence-corrected chi connectivity index (χ4v) is 13.8. The van der Waals surface area contributed by atoms with Crippen LogP contribution in [0.1, 0.15) is 5.56 Å². The van der Waals surface area contributed by atoms with Crippen molar-refractivity contribution in [3.8, 4) is 17.2 Å². The van der Waals surface area contributed by atoms with Gasteiger partial charge in [0.25, 0.3) is 0 Å². The zero-order valence-electron chi connectivity index (χ0n) is 26.8. The van der Waals surface area contributed by atoms with E-state index in [1.54, 1.807) is 56.6 Å².